The Balaban J connectivity index is 1.76. The number of hydrogen-bond acceptors (Lipinski definition) is 2. The van der Waals surface area contributed by atoms with Gasteiger partial charge in [0, 0.05) is 32.2 Å². The van der Waals surface area contributed by atoms with Crippen LogP contribution in [0.5, 0.6) is 0 Å². The third-order valence-corrected chi connectivity index (χ3v) is 4.10. The number of aliphatic imine (C=N–C) groups is 1. The lowest BCUT2D eigenvalue weighted by atomic mass is 10.1. The number of aryl methyl sites for hydroxylation is 1. The Kier molecular flexibility index (Phi) is 7.55. The molecule has 1 aliphatic rings. The molecule has 1 aliphatic heterocycles. The van der Waals surface area contributed by atoms with Gasteiger partial charge in [0.15, 0.2) is 5.96 Å². The maximum atomic E-state index is 12.5. The first-order valence-corrected chi connectivity index (χ1v) is 8.84. The van der Waals surface area contributed by atoms with Crippen molar-refractivity contribution >= 4 is 5.96 Å². The summed E-state index contributed by atoms with van der Waals surface area (Å²) in [6.07, 6.45) is -1.53. The minimum absolute atomic E-state index is 0.00859. The Morgan fingerprint density at radius 1 is 1.28 bits per heavy atom. The van der Waals surface area contributed by atoms with Crippen LogP contribution in [0.25, 0.3) is 0 Å². The molecule has 1 aromatic rings. The van der Waals surface area contributed by atoms with E-state index in [1.807, 2.05) is 25.1 Å². The van der Waals surface area contributed by atoms with Crippen molar-refractivity contribution in [3.05, 3.63) is 35.9 Å². The van der Waals surface area contributed by atoms with Gasteiger partial charge in [0.05, 0.1) is 6.54 Å². The summed E-state index contributed by atoms with van der Waals surface area (Å²) in [4.78, 5) is 5.99. The second kappa shape index (κ2) is 9.65. The molecule has 0 amide bonds. The summed E-state index contributed by atoms with van der Waals surface area (Å²) >= 11 is 0. The van der Waals surface area contributed by atoms with Crippen molar-refractivity contribution in [2.45, 2.75) is 38.4 Å². The van der Waals surface area contributed by atoms with Crippen LogP contribution >= 0.6 is 0 Å². The molecule has 1 aromatic carbocycles. The molecule has 25 heavy (non-hydrogen) atoms. The number of halogens is 3. The molecule has 2 N–H and O–H groups in total. The highest BCUT2D eigenvalue weighted by Crippen LogP contribution is 2.19. The van der Waals surface area contributed by atoms with E-state index in [1.54, 1.807) is 0 Å². The van der Waals surface area contributed by atoms with Gasteiger partial charge < -0.3 is 10.6 Å². The first-order valence-electron chi connectivity index (χ1n) is 8.84. The molecule has 4 nitrogen and oxygen atoms in total. The van der Waals surface area contributed by atoms with Crippen molar-refractivity contribution in [3.63, 3.8) is 0 Å². The highest BCUT2D eigenvalue weighted by atomic mass is 19.4. The average Bonchev–Trinajstić information content (AvgIpc) is 2.97. The van der Waals surface area contributed by atoms with Crippen molar-refractivity contribution in [2.24, 2.45) is 4.99 Å². The lowest BCUT2D eigenvalue weighted by Crippen LogP contribution is -2.45. The van der Waals surface area contributed by atoms with E-state index in [2.05, 4.69) is 27.8 Å². The Bertz CT molecular complexity index is 531. The Labute approximate surface area is 147 Å². The molecular formula is C18H27F3N4. The number of benzene rings is 1. The molecule has 1 fully saturated rings. The van der Waals surface area contributed by atoms with Gasteiger partial charge in [-0.25, -0.2) is 0 Å². The molecule has 1 saturated heterocycles. The van der Waals surface area contributed by atoms with Gasteiger partial charge in [-0.15, -0.1) is 0 Å². The van der Waals surface area contributed by atoms with Crippen LogP contribution in [0.3, 0.4) is 0 Å². The topological polar surface area (TPSA) is 39.7 Å². The zero-order chi connectivity index (χ0) is 18.1. The monoisotopic (exact) mass is 356 g/mol. The number of nitrogens with one attached hydrogen (secondary N) is 2. The molecule has 1 heterocycles. The fourth-order valence-electron chi connectivity index (χ4n) is 2.98. The summed E-state index contributed by atoms with van der Waals surface area (Å²) in [6, 6.07) is 10.3. The van der Waals surface area contributed by atoms with Crippen molar-refractivity contribution in [1.29, 1.82) is 0 Å². The quantitative estimate of drug-likeness (QED) is 0.448. The molecule has 2 rings (SSSR count). The molecule has 1 unspecified atom stereocenters. The van der Waals surface area contributed by atoms with Crippen molar-refractivity contribution in [1.82, 2.24) is 15.5 Å². The van der Waals surface area contributed by atoms with E-state index in [1.165, 1.54) is 10.5 Å². The summed E-state index contributed by atoms with van der Waals surface area (Å²) in [5.74, 6) is 0.689. The molecule has 0 aromatic heterocycles. The first-order chi connectivity index (χ1) is 12.0. The molecule has 0 aliphatic carbocycles. The van der Waals surface area contributed by atoms with Gasteiger partial charge in [0.1, 0.15) is 0 Å². The minimum atomic E-state index is -4.13. The number of alkyl halides is 3. The molecule has 0 radical (unpaired) electrons. The zero-order valence-electron chi connectivity index (χ0n) is 14.6. The van der Waals surface area contributed by atoms with Crippen LogP contribution in [-0.4, -0.2) is 55.8 Å². The summed E-state index contributed by atoms with van der Waals surface area (Å²) in [5.41, 5.74) is 1.29. The smallest absolute Gasteiger partial charge is 0.357 e. The molecule has 0 bridgehead atoms. The third kappa shape index (κ3) is 7.77. The Morgan fingerprint density at radius 3 is 2.72 bits per heavy atom. The highest BCUT2D eigenvalue weighted by molar-refractivity contribution is 5.80. The average molecular weight is 356 g/mol. The van der Waals surface area contributed by atoms with Gasteiger partial charge >= 0.3 is 6.18 Å². The van der Waals surface area contributed by atoms with Gasteiger partial charge in [-0.1, -0.05) is 30.3 Å². The van der Waals surface area contributed by atoms with Crippen molar-refractivity contribution < 1.29 is 13.2 Å². The van der Waals surface area contributed by atoms with Gasteiger partial charge in [-0.3, -0.25) is 9.89 Å². The predicted octanol–water partition coefficient (Wildman–Crippen LogP) is 2.81. The van der Waals surface area contributed by atoms with E-state index in [0.29, 0.717) is 32.0 Å². The van der Waals surface area contributed by atoms with E-state index in [9.17, 15) is 13.2 Å². The second-order valence-electron chi connectivity index (χ2n) is 6.33. The van der Waals surface area contributed by atoms with Crippen LogP contribution < -0.4 is 10.6 Å². The van der Waals surface area contributed by atoms with Crippen LogP contribution in [0.4, 0.5) is 13.2 Å². The highest BCUT2D eigenvalue weighted by Gasteiger charge is 2.34. The van der Waals surface area contributed by atoms with E-state index >= 15 is 0 Å². The number of likely N-dealkylation sites (tertiary alicyclic amines) is 1. The summed E-state index contributed by atoms with van der Waals surface area (Å²) in [6.45, 7) is 3.41. The summed E-state index contributed by atoms with van der Waals surface area (Å²) in [5, 5.41) is 6.43. The molecular weight excluding hydrogens is 329 g/mol. The van der Waals surface area contributed by atoms with E-state index < -0.39 is 12.7 Å². The lowest BCUT2D eigenvalue weighted by molar-refractivity contribution is -0.143. The van der Waals surface area contributed by atoms with Gasteiger partial charge in [0.2, 0.25) is 0 Å². The van der Waals surface area contributed by atoms with Crippen LogP contribution in [0.2, 0.25) is 0 Å². The summed E-state index contributed by atoms with van der Waals surface area (Å²) in [7, 11) is 0. The van der Waals surface area contributed by atoms with Crippen molar-refractivity contribution in [2.75, 3.05) is 32.7 Å². The Morgan fingerprint density at radius 2 is 2.04 bits per heavy atom. The van der Waals surface area contributed by atoms with Crippen LogP contribution in [0, 0.1) is 0 Å². The van der Waals surface area contributed by atoms with E-state index in [4.69, 9.17) is 0 Å². The van der Waals surface area contributed by atoms with E-state index in [-0.39, 0.29) is 6.04 Å². The normalized spacial score (nSPS) is 19.2. The zero-order valence-corrected chi connectivity index (χ0v) is 14.6. The minimum Gasteiger partial charge on any atom is -0.357 e. The number of guanidine groups is 1. The summed E-state index contributed by atoms with van der Waals surface area (Å²) < 4.78 is 37.4. The maximum absolute atomic E-state index is 12.5. The molecule has 1 atom stereocenters. The van der Waals surface area contributed by atoms with Gasteiger partial charge in [-0.2, -0.15) is 13.2 Å². The van der Waals surface area contributed by atoms with Crippen molar-refractivity contribution in [3.8, 4) is 0 Å². The number of hydrogen-bond donors (Lipinski definition) is 2. The van der Waals surface area contributed by atoms with Crippen LogP contribution in [-0.2, 0) is 6.42 Å². The van der Waals surface area contributed by atoms with Crippen LogP contribution in [0.1, 0.15) is 25.3 Å². The second-order valence-corrected chi connectivity index (χ2v) is 6.33. The van der Waals surface area contributed by atoms with Crippen LogP contribution in [0.15, 0.2) is 35.3 Å². The molecule has 0 saturated carbocycles. The standard InChI is InChI=1S/C18H27F3N4/c1-2-22-17(23-11-6-9-15-7-4-3-5-8-15)24-16-10-12-25(13-16)14-18(19,20)21/h3-5,7-8,16H,2,6,9-14H2,1H3,(H2,22,23,24). The third-order valence-electron chi connectivity index (χ3n) is 4.10. The fourth-order valence-corrected chi connectivity index (χ4v) is 2.98. The number of nitrogens with zero attached hydrogens (tertiary/aromatic N) is 2. The maximum Gasteiger partial charge on any atom is 0.401 e. The lowest BCUT2D eigenvalue weighted by Gasteiger charge is -2.19. The SMILES string of the molecule is CCNC(=NCCCc1ccccc1)NC1CCN(CC(F)(F)F)C1. The largest absolute Gasteiger partial charge is 0.401 e. The van der Waals surface area contributed by atoms with E-state index in [0.717, 1.165) is 19.4 Å². The molecule has 140 valence electrons. The Hall–Kier alpha value is -1.76. The fraction of sp³-hybridized carbons (Fsp3) is 0.611. The first kappa shape index (κ1) is 19.6. The number of rotatable bonds is 7. The van der Waals surface area contributed by atoms with Gasteiger partial charge in [0.25, 0.3) is 0 Å². The molecule has 0 spiro atoms. The van der Waals surface area contributed by atoms with Gasteiger partial charge in [-0.05, 0) is 31.7 Å². The molecule has 7 heteroatoms. The predicted molar refractivity (Wildman–Crippen MR) is 94.8 cm³/mol.